The van der Waals surface area contributed by atoms with Gasteiger partial charge in [-0.3, -0.25) is 9.97 Å². The maximum atomic E-state index is 12.7. The van der Waals surface area contributed by atoms with Crippen molar-refractivity contribution in [1.29, 1.82) is 0 Å². The Hall–Kier alpha value is -1.25. The summed E-state index contributed by atoms with van der Waals surface area (Å²) in [6, 6.07) is 5.50. The fourth-order valence-electron chi connectivity index (χ4n) is 2.61. The van der Waals surface area contributed by atoms with Crippen molar-refractivity contribution in [3.8, 4) is 11.5 Å². The van der Waals surface area contributed by atoms with Gasteiger partial charge in [0, 0.05) is 34.6 Å². The molecule has 0 aliphatic rings. The van der Waals surface area contributed by atoms with Crippen molar-refractivity contribution in [2.75, 3.05) is 14.2 Å². The summed E-state index contributed by atoms with van der Waals surface area (Å²) in [5, 5.41) is 0.430. The number of fused-ring (bicyclic) bond motifs is 1. The van der Waals surface area contributed by atoms with Gasteiger partial charge in [0.2, 0.25) is 0 Å². The van der Waals surface area contributed by atoms with E-state index in [1.807, 2.05) is 32.0 Å². The number of rotatable bonds is 5. The van der Waals surface area contributed by atoms with E-state index in [2.05, 4.69) is 15.0 Å². The fraction of sp³-hybridized carbons (Fsp3) is 0.294. The third-order valence-electron chi connectivity index (χ3n) is 3.90. The van der Waals surface area contributed by atoms with E-state index in [0.29, 0.717) is 5.16 Å². The van der Waals surface area contributed by atoms with E-state index in [4.69, 9.17) is 9.47 Å². The van der Waals surface area contributed by atoms with Crippen LogP contribution in [0.3, 0.4) is 0 Å². The Balaban J connectivity index is 0.00000225. The summed E-state index contributed by atoms with van der Waals surface area (Å²) >= 11 is -1.33. The molecule has 3 aromatic rings. The van der Waals surface area contributed by atoms with Gasteiger partial charge in [0.05, 0.1) is 30.9 Å². The molecule has 2 heterocycles. The number of H-pyrrole nitrogens is 1. The second-order valence-corrected chi connectivity index (χ2v) is 6.83. The number of aromatic nitrogens is 3. The van der Waals surface area contributed by atoms with Gasteiger partial charge in [-0.2, -0.15) is 4.98 Å². The minimum atomic E-state index is -1.33. The number of nitrogens with zero attached hydrogens (tertiary/aromatic N) is 2. The Morgan fingerprint density at radius 1 is 1.20 bits per heavy atom. The minimum absolute atomic E-state index is 0. The maximum absolute atomic E-state index is 12.7. The van der Waals surface area contributed by atoms with Crippen LogP contribution in [0.1, 0.15) is 16.8 Å². The van der Waals surface area contributed by atoms with Crippen molar-refractivity contribution in [3.63, 3.8) is 0 Å². The van der Waals surface area contributed by atoms with Crippen LogP contribution in [0, 0.1) is 13.8 Å². The molecule has 1 N–H and O–H groups in total. The predicted molar refractivity (Wildman–Crippen MR) is 100 cm³/mol. The molecule has 2 aromatic heterocycles. The molecule has 1 aromatic carbocycles. The van der Waals surface area contributed by atoms with E-state index in [-0.39, 0.29) is 35.3 Å². The summed E-state index contributed by atoms with van der Waals surface area (Å²) < 4.78 is 23.3. The first kappa shape index (κ1) is 20.1. The first-order valence-corrected chi connectivity index (χ1v) is 8.76. The molecule has 0 saturated heterocycles. The number of hydrogen-bond acceptors (Lipinski definition) is 5. The van der Waals surface area contributed by atoms with Gasteiger partial charge in [0.1, 0.15) is 11.5 Å². The van der Waals surface area contributed by atoms with Crippen LogP contribution in [-0.2, 0) is 16.9 Å². The number of benzene rings is 1. The molecule has 1 unspecified atom stereocenters. The summed E-state index contributed by atoms with van der Waals surface area (Å²) in [6.07, 6.45) is 1.74. The molecule has 8 heteroatoms. The average Bonchev–Trinajstić information content (AvgIpc) is 3.01. The van der Waals surface area contributed by atoms with Gasteiger partial charge in [-0.25, -0.2) is 0 Å². The molecular weight excluding hydrogens is 349 g/mol. The molecule has 0 aliphatic carbocycles. The average molecular weight is 369 g/mol. The summed E-state index contributed by atoms with van der Waals surface area (Å²) in [4.78, 5) is 11.9. The quantitative estimate of drug-likeness (QED) is 0.551. The molecule has 1 atom stereocenters. The Morgan fingerprint density at radius 3 is 2.64 bits per heavy atom. The van der Waals surface area contributed by atoms with E-state index in [1.54, 1.807) is 20.4 Å². The fourth-order valence-corrected chi connectivity index (χ4v) is 3.71. The third-order valence-corrected chi connectivity index (χ3v) is 5.06. The molecule has 0 fully saturated rings. The summed E-state index contributed by atoms with van der Waals surface area (Å²) in [6.45, 7) is 3.86. The Bertz CT molecular complexity index is 885. The molecule has 0 bridgehead atoms. The normalized spacial score (nSPS) is 11.9. The van der Waals surface area contributed by atoms with Gasteiger partial charge in [-0.05, 0) is 26.0 Å². The van der Waals surface area contributed by atoms with Crippen molar-refractivity contribution in [3.05, 3.63) is 41.2 Å². The van der Waals surface area contributed by atoms with Gasteiger partial charge < -0.3 is 14.0 Å². The standard InChI is InChI=1S/C17H19N3O3S.Na.H/c1-10-8-18-15(11(2)16(10)23-4)9-24(21)17-19-13-6-5-12(22-3)7-14(13)20-17;;/h5-8H,9H2,1-4H3,(H,19,20);;. The van der Waals surface area contributed by atoms with E-state index >= 15 is 0 Å². The third kappa shape index (κ3) is 4.12. The van der Waals surface area contributed by atoms with E-state index in [9.17, 15) is 4.55 Å². The van der Waals surface area contributed by atoms with Crippen molar-refractivity contribution in [1.82, 2.24) is 15.0 Å². The van der Waals surface area contributed by atoms with Crippen LogP contribution < -0.4 is 9.47 Å². The van der Waals surface area contributed by atoms with Gasteiger partial charge in [-0.1, -0.05) is 0 Å². The molecule has 0 amide bonds. The summed E-state index contributed by atoms with van der Waals surface area (Å²) in [5.41, 5.74) is 4.16. The molecular formula is C17H20N3NaO3S. The van der Waals surface area contributed by atoms with E-state index in [0.717, 1.165) is 39.4 Å². The first-order chi connectivity index (χ1) is 11.5. The topological polar surface area (TPSA) is 83.1 Å². The van der Waals surface area contributed by atoms with Crippen molar-refractivity contribution in [2.24, 2.45) is 0 Å². The second kappa shape index (κ2) is 8.42. The first-order valence-electron chi connectivity index (χ1n) is 7.44. The van der Waals surface area contributed by atoms with Crippen LogP contribution in [0.4, 0.5) is 0 Å². The molecule has 25 heavy (non-hydrogen) atoms. The van der Waals surface area contributed by atoms with Crippen LogP contribution in [0.5, 0.6) is 11.5 Å². The number of ether oxygens (including phenoxy) is 2. The molecule has 0 radical (unpaired) electrons. The van der Waals surface area contributed by atoms with Gasteiger partial charge >= 0.3 is 34.7 Å². The summed E-state index contributed by atoms with van der Waals surface area (Å²) in [5.74, 6) is 1.79. The van der Waals surface area contributed by atoms with E-state index < -0.39 is 11.2 Å². The van der Waals surface area contributed by atoms with Gasteiger partial charge in [-0.15, -0.1) is 0 Å². The van der Waals surface area contributed by atoms with Crippen molar-refractivity contribution in [2.45, 2.75) is 24.8 Å². The number of aromatic amines is 1. The molecule has 0 saturated carbocycles. The van der Waals surface area contributed by atoms with Crippen molar-refractivity contribution >= 4 is 51.8 Å². The van der Waals surface area contributed by atoms with Crippen LogP contribution in [-0.4, -0.2) is 63.3 Å². The van der Waals surface area contributed by atoms with Crippen LogP contribution >= 0.6 is 0 Å². The second-order valence-electron chi connectivity index (χ2n) is 5.46. The molecule has 128 valence electrons. The predicted octanol–water partition coefficient (Wildman–Crippen LogP) is 2.25. The zero-order valence-electron chi connectivity index (χ0n) is 14.0. The van der Waals surface area contributed by atoms with Crippen molar-refractivity contribution < 1.29 is 14.0 Å². The Labute approximate surface area is 171 Å². The summed E-state index contributed by atoms with van der Waals surface area (Å²) in [7, 11) is 3.23. The number of methoxy groups -OCH3 is 2. The molecule has 3 rings (SSSR count). The van der Waals surface area contributed by atoms with E-state index in [1.165, 1.54) is 0 Å². The Morgan fingerprint density at radius 2 is 1.96 bits per heavy atom. The number of nitrogens with one attached hydrogen (secondary N) is 1. The molecule has 6 nitrogen and oxygen atoms in total. The Kier molecular flexibility index (Phi) is 6.76. The van der Waals surface area contributed by atoms with Crippen LogP contribution in [0.2, 0.25) is 0 Å². The molecule has 0 aliphatic heterocycles. The van der Waals surface area contributed by atoms with Gasteiger partial charge in [0.15, 0.2) is 5.75 Å². The monoisotopic (exact) mass is 369 g/mol. The zero-order valence-corrected chi connectivity index (χ0v) is 14.9. The SMILES string of the molecule is COc1ccc2nc([S+]([O-])Cc3ncc(C)c(OC)c3C)[nH]c2c1.[NaH]. The van der Waals surface area contributed by atoms with Crippen LogP contribution in [0.15, 0.2) is 29.6 Å². The number of hydrogen-bond donors (Lipinski definition) is 1. The zero-order chi connectivity index (χ0) is 17.3. The molecule has 0 spiro atoms. The number of aryl methyl sites for hydroxylation is 1. The van der Waals surface area contributed by atoms with Crippen LogP contribution in [0.25, 0.3) is 11.0 Å². The van der Waals surface area contributed by atoms with Gasteiger partial charge in [0.25, 0.3) is 0 Å². The number of pyridine rings is 1. The number of imidazole rings is 1.